The number of imidazole rings is 1. The Bertz CT molecular complexity index is 853. The van der Waals surface area contributed by atoms with E-state index in [4.69, 9.17) is 16.3 Å². The Morgan fingerprint density at radius 1 is 1.43 bits per heavy atom. The smallest absolute Gasteiger partial charge is 0.328 e. The molecule has 3 atom stereocenters. The fraction of sp³-hybridized carbons (Fsp3) is 0.450. The van der Waals surface area contributed by atoms with Crippen LogP contribution in [-0.4, -0.2) is 46.6 Å². The van der Waals surface area contributed by atoms with Gasteiger partial charge in [-0.1, -0.05) is 50.1 Å². The minimum Gasteiger partial charge on any atom is -0.467 e. The average Bonchev–Trinajstić information content (AvgIpc) is 3.19. The molecule has 0 radical (unpaired) electrons. The molecule has 2 heterocycles. The molecule has 150 valence electrons. The number of benzene rings is 1. The number of amides is 2. The maximum atomic E-state index is 13.2. The Morgan fingerprint density at radius 2 is 2.18 bits per heavy atom. The summed E-state index contributed by atoms with van der Waals surface area (Å²) < 4.78 is 4.89. The maximum Gasteiger partial charge on any atom is 0.328 e. The van der Waals surface area contributed by atoms with E-state index in [1.807, 2.05) is 32.0 Å². The van der Waals surface area contributed by atoms with Crippen LogP contribution in [0.15, 0.2) is 30.6 Å². The van der Waals surface area contributed by atoms with Gasteiger partial charge >= 0.3 is 12.0 Å². The van der Waals surface area contributed by atoms with Crippen molar-refractivity contribution in [3.63, 3.8) is 0 Å². The molecule has 0 bridgehead atoms. The van der Waals surface area contributed by atoms with E-state index >= 15 is 0 Å². The first-order valence-electron chi connectivity index (χ1n) is 9.39. The van der Waals surface area contributed by atoms with E-state index in [9.17, 15) is 9.59 Å². The highest BCUT2D eigenvalue weighted by molar-refractivity contribution is 6.31. The molecule has 28 heavy (non-hydrogen) atoms. The molecular formula is C20H25ClN4O3. The number of nitrogens with one attached hydrogen (secondary N) is 2. The molecule has 1 aliphatic heterocycles. The van der Waals surface area contributed by atoms with Gasteiger partial charge in [-0.2, -0.15) is 0 Å². The van der Waals surface area contributed by atoms with Crippen molar-refractivity contribution < 1.29 is 14.3 Å². The summed E-state index contributed by atoms with van der Waals surface area (Å²) >= 11 is 6.44. The summed E-state index contributed by atoms with van der Waals surface area (Å²) in [5.41, 5.74) is 2.55. The number of H-pyrrole nitrogens is 1. The van der Waals surface area contributed by atoms with Crippen LogP contribution in [0.5, 0.6) is 0 Å². The van der Waals surface area contributed by atoms with Gasteiger partial charge in [0.2, 0.25) is 0 Å². The molecule has 0 saturated carbocycles. The van der Waals surface area contributed by atoms with Crippen molar-refractivity contribution in [3.8, 4) is 0 Å². The normalized spacial score (nSPS) is 18.1. The number of halogens is 1. The zero-order valence-electron chi connectivity index (χ0n) is 16.2. The summed E-state index contributed by atoms with van der Waals surface area (Å²) in [6.07, 6.45) is 3.01. The number of aromatic nitrogens is 2. The molecule has 7 nitrogen and oxygen atoms in total. The molecule has 2 aromatic rings. The summed E-state index contributed by atoms with van der Waals surface area (Å²) in [5, 5.41) is 3.42. The van der Waals surface area contributed by atoms with Gasteiger partial charge in [0, 0.05) is 23.7 Å². The summed E-state index contributed by atoms with van der Waals surface area (Å²) in [4.78, 5) is 34.7. The van der Waals surface area contributed by atoms with Gasteiger partial charge in [0.1, 0.15) is 12.1 Å². The molecule has 2 N–H and O–H groups in total. The number of esters is 1. The van der Waals surface area contributed by atoms with Gasteiger partial charge in [0.05, 0.1) is 19.1 Å². The first-order chi connectivity index (χ1) is 13.5. The summed E-state index contributed by atoms with van der Waals surface area (Å²) in [6.45, 7) is 4.36. The minimum absolute atomic E-state index is 0.0547. The average molecular weight is 405 g/mol. The molecule has 2 amide bonds. The van der Waals surface area contributed by atoms with Gasteiger partial charge < -0.3 is 19.9 Å². The number of carbonyl (C=O) groups excluding carboxylic acids is 2. The van der Waals surface area contributed by atoms with Crippen molar-refractivity contribution in [2.45, 2.75) is 38.8 Å². The highest BCUT2D eigenvalue weighted by Crippen LogP contribution is 2.36. The van der Waals surface area contributed by atoms with Crippen LogP contribution in [0.3, 0.4) is 0 Å². The van der Waals surface area contributed by atoms with E-state index in [1.165, 1.54) is 7.11 Å². The number of aromatic amines is 1. The van der Waals surface area contributed by atoms with Gasteiger partial charge in [-0.05, 0) is 17.5 Å². The lowest BCUT2D eigenvalue weighted by Gasteiger charge is -2.36. The fourth-order valence-electron chi connectivity index (χ4n) is 3.52. The van der Waals surface area contributed by atoms with E-state index < -0.39 is 18.1 Å². The molecule has 1 aromatic carbocycles. The standard InChI is InChI=1S/C20H25ClN4O3/c1-4-12(2)16(19(26)28-3)24-20(27)25-10-9-15-17(23-11-22-15)18(25)13-7-5-6-8-14(13)21/h5-8,11-12,16,18H,4,9-10H2,1-3H3,(H,22,23)(H,24,27)/t12-,16+,18-/m0/s1. The molecular weight excluding hydrogens is 380 g/mol. The lowest BCUT2D eigenvalue weighted by Crippen LogP contribution is -2.53. The monoisotopic (exact) mass is 404 g/mol. The predicted octanol–water partition coefficient (Wildman–Crippen LogP) is 3.31. The largest absolute Gasteiger partial charge is 0.467 e. The third kappa shape index (κ3) is 3.85. The molecule has 1 aliphatic rings. The van der Waals surface area contributed by atoms with Crippen molar-refractivity contribution in [1.29, 1.82) is 0 Å². The number of hydrogen-bond donors (Lipinski definition) is 2. The lowest BCUT2D eigenvalue weighted by molar-refractivity contribution is -0.144. The summed E-state index contributed by atoms with van der Waals surface area (Å²) in [6, 6.07) is 5.94. The summed E-state index contributed by atoms with van der Waals surface area (Å²) in [5.74, 6) is -0.504. The number of hydrogen-bond acceptors (Lipinski definition) is 4. The third-order valence-electron chi connectivity index (χ3n) is 5.33. The number of rotatable bonds is 5. The van der Waals surface area contributed by atoms with Crippen molar-refractivity contribution in [2.24, 2.45) is 5.92 Å². The van der Waals surface area contributed by atoms with Gasteiger partial charge in [-0.3, -0.25) is 0 Å². The van der Waals surface area contributed by atoms with E-state index in [0.29, 0.717) is 18.0 Å². The highest BCUT2D eigenvalue weighted by atomic mass is 35.5. The van der Waals surface area contributed by atoms with Crippen molar-refractivity contribution in [1.82, 2.24) is 20.2 Å². The summed E-state index contributed by atoms with van der Waals surface area (Å²) in [7, 11) is 1.33. The van der Waals surface area contributed by atoms with E-state index in [1.54, 1.807) is 17.3 Å². The van der Waals surface area contributed by atoms with Crippen molar-refractivity contribution in [3.05, 3.63) is 52.6 Å². The van der Waals surface area contributed by atoms with E-state index in [0.717, 1.165) is 23.4 Å². The van der Waals surface area contributed by atoms with E-state index in [-0.39, 0.29) is 11.9 Å². The van der Waals surface area contributed by atoms with Crippen LogP contribution in [0.4, 0.5) is 4.79 Å². The van der Waals surface area contributed by atoms with Gasteiger partial charge in [0.15, 0.2) is 0 Å². The third-order valence-corrected chi connectivity index (χ3v) is 5.68. The Kier molecular flexibility index (Phi) is 6.24. The van der Waals surface area contributed by atoms with Crippen LogP contribution in [0.2, 0.25) is 5.02 Å². The molecule has 8 heteroatoms. The number of ether oxygens (including phenoxy) is 1. The first-order valence-corrected chi connectivity index (χ1v) is 9.77. The van der Waals surface area contributed by atoms with Crippen molar-refractivity contribution >= 4 is 23.6 Å². The maximum absolute atomic E-state index is 13.2. The fourth-order valence-corrected chi connectivity index (χ4v) is 3.76. The Hall–Kier alpha value is -2.54. The van der Waals surface area contributed by atoms with Crippen LogP contribution in [0.25, 0.3) is 0 Å². The first kappa shape index (κ1) is 20.2. The number of nitrogens with zero attached hydrogens (tertiary/aromatic N) is 2. The lowest BCUT2D eigenvalue weighted by atomic mass is 9.95. The van der Waals surface area contributed by atoms with E-state index in [2.05, 4.69) is 15.3 Å². The molecule has 3 rings (SSSR count). The van der Waals surface area contributed by atoms with Gasteiger partial charge in [-0.15, -0.1) is 0 Å². The molecule has 0 aliphatic carbocycles. The van der Waals surface area contributed by atoms with Gasteiger partial charge in [-0.25, -0.2) is 14.6 Å². The Balaban J connectivity index is 1.94. The molecule has 0 fully saturated rings. The van der Waals surface area contributed by atoms with Gasteiger partial charge in [0.25, 0.3) is 0 Å². The Morgan fingerprint density at radius 3 is 2.86 bits per heavy atom. The number of urea groups is 1. The minimum atomic E-state index is -0.713. The SMILES string of the molecule is CC[C@H](C)[C@@H](NC(=O)N1CCc2[nH]cnc2[C@@H]1c1ccccc1Cl)C(=O)OC. The highest BCUT2D eigenvalue weighted by Gasteiger charge is 2.37. The Labute approximate surface area is 169 Å². The number of fused-ring (bicyclic) bond motifs is 1. The second kappa shape index (κ2) is 8.65. The van der Waals surface area contributed by atoms with Crippen LogP contribution in [0.1, 0.15) is 43.3 Å². The number of carbonyl (C=O) groups is 2. The van der Waals surface area contributed by atoms with Crippen LogP contribution >= 0.6 is 11.6 Å². The molecule has 0 unspecified atom stereocenters. The van der Waals surface area contributed by atoms with Crippen molar-refractivity contribution in [2.75, 3.05) is 13.7 Å². The second-order valence-electron chi connectivity index (χ2n) is 6.97. The topological polar surface area (TPSA) is 87.3 Å². The zero-order valence-corrected chi connectivity index (χ0v) is 17.0. The molecule has 0 saturated heterocycles. The second-order valence-corrected chi connectivity index (χ2v) is 7.38. The zero-order chi connectivity index (χ0) is 20.3. The molecule has 1 aromatic heterocycles. The number of methoxy groups -OCH3 is 1. The molecule has 0 spiro atoms. The van der Waals surface area contributed by atoms with Crippen LogP contribution in [0, 0.1) is 5.92 Å². The van der Waals surface area contributed by atoms with Crippen LogP contribution in [-0.2, 0) is 16.0 Å². The predicted molar refractivity (Wildman–Crippen MR) is 106 cm³/mol. The van der Waals surface area contributed by atoms with Crippen LogP contribution < -0.4 is 5.32 Å². The quantitative estimate of drug-likeness (QED) is 0.748.